The molecule has 3 aromatic carbocycles. The van der Waals surface area contributed by atoms with Crippen LogP contribution in [0.3, 0.4) is 0 Å². The minimum atomic E-state index is -1.62. The van der Waals surface area contributed by atoms with Gasteiger partial charge in [0.05, 0.1) is 13.2 Å². The van der Waals surface area contributed by atoms with Gasteiger partial charge in [0.2, 0.25) is 0 Å². The maximum Gasteiger partial charge on any atom is 0.334 e. The van der Waals surface area contributed by atoms with Crippen LogP contribution in [-0.4, -0.2) is 41.3 Å². The molecule has 0 saturated heterocycles. The number of hydrogen-bond donors (Lipinski definition) is 3. The van der Waals surface area contributed by atoms with Gasteiger partial charge in [-0.05, 0) is 70.7 Å². The summed E-state index contributed by atoms with van der Waals surface area (Å²) >= 11 is 0. The lowest BCUT2D eigenvalue weighted by Crippen LogP contribution is -2.36. The highest BCUT2D eigenvalue weighted by molar-refractivity contribution is 5.94. The molecule has 0 aromatic heterocycles. The number of amides is 1. The Morgan fingerprint density at radius 1 is 0.892 bits per heavy atom. The van der Waals surface area contributed by atoms with E-state index in [0.29, 0.717) is 18.1 Å². The predicted molar refractivity (Wildman–Crippen MR) is 146 cm³/mol. The Kier molecular flexibility index (Phi) is 9.48. The molecule has 3 rings (SSSR count). The van der Waals surface area contributed by atoms with Crippen LogP contribution in [0.2, 0.25) is 0 Å². The second-order valence-corrected chi connectivity index (χ2v) is 10.6. The predicted octanol–water partition coefficient (Wildman–Crippen LogP) is 5.47. The van der Waals surface area contributed by atoms with Gasteiger partial charge in [0, 0.05) is 5.56 Å². The largest absolute Gasteiger partial charge is 0.493 e. The molecule has 196 valence electrons. The number of benzene rings is 3. The molecule has 6 nitrogen and oxygen atoms in total. The van der Waals surface area contributed by atoms with Crippen molar-refractivity contribution in [2.75, 3.05) is 13.2 Å². The van der Waals surface area contributed by atoms with E-state index < -0.39 is 18.0 Å². The van der Waals surface area contributed by atoms with Gasteiger partial charge in [-0.3, -0.25) is 4.79 Å². The lowest BCUT2D eigenvalue weighted by Gasteiger charge is -2.19. The molecule has 3 N–H and O–H groups in total. The summed E-state index contributed by atoms with van der Waals surface area (Å²) in [5, 5.41) is 20.4. The third-order valence-corrected chi connectivity index (χ3v) is 6.36. The van der Waals surface area contributed by atoms with Crippen LogP contribution < -0.4 is 10.1 Å². The number of aliphatic carboxylic acids is 1. The van der Waals surface area contributed by atoms with Gasteiger partial charge in [-0.2, -0.15) is 0 Å². The minimum Gasteiger partial charge on any atom is -0.493 e. The van der Waals surface area contributed by atoms with Gasteiger partial charge < -0.3 is 20.3 Å². The van der Waals surface area contributed by atoms with Crippen LogP contribution in [0.25, 0.3) is 11.1 Å². The summed E-state index contributed by atoms with van der Waals surface area (Å²) in [6, 6.07) is 24.1. The van der Waals surface area contributed by atoms with Gasteiger partial charge in [-0.1, -0.05) is 76.2 Å². The van der Waals surface area contributed by atoms with Crippen molar-refractivity contribution in [3.8, 4) is 16.9 Å². The first-order valence-corrected chi connectivity index (χ1v) is 12.6. The average molecular weight is 504 g/mol. The second kappa shape index (κ2) is 12.5. The first kappa shape index (κ1) is 27.9. The van der Waals surface area contributed by atoms with E-state index in [1.165, 1.54) is 11.1 Å². The molecule has 0 spiro atoms. The lowest BCUT2D eigenvalue weighted by molar-refractivity contribution is -0.146. The number of aliphatic hydroxyl groups is 1. The SMILES string of the molecule is CC(CCc1ccc(C(=O)NC[C@@H](O)C(=O)O)cc1)COc1ccc(-c2ccc(C(C)(C)C)cc2)cc1. The van der Waals surface area contributed by atoms with Crippen molar-refractivity contribution in [1.82, 2.24) is 5.32 Å². The van der Waals surface area contributed by atoms with Gasteiger partial charge in [-0.25, -0.2) is 4.79 Å². The number of carboxylic acid groups (broad SMARTS) is 1. The van der Waals surface area contributed by atoms with E-state index in [1.54, 1.807) is 12.1 Å². The van der Waals surface area contributed by atoms with Gasteiger partial charge in [0.15, 0.2) is 6.10 Å². The molecule has 1 amide bonds. The van der Waals surface area contributed by atoms with Gasteiger partial charge >= 0.3 is 5.97 Å². The summed E-state index contributed by atoms with van der Waals surface area (Å²) in [5.74, 6) is -0.579. The number of aryl methyl sites for hydroxylation is 1. The smallest absolute Gasteiger partial charge is 0.334 e. The molecule has 6 heteroatoms. The van der Waals surface area contributed by atoms with E-state index in [2.05, 4.69) is 69.4 Å². The summed E-state index contributed by atoms with van der Waals surface area (Å²) in [6.07, 6.45) is 0.179. The maximum atomic E-state index is 12.1. The molecule has 0 saturated carbocycles. The molecule has 0 aliphatic carbocycles. The maximum absolute atomic E-state index is 12.1. The van der Waals surface area contributed by atoms with Gasteiger partial charge in [-0.15, -0.1) is 0 Å². The zero-order valence-electron chi connectivity index (χ0n) is 22.0. The topological polar surface area (TPSA) is 95.9 Å². The standard InChI is InChI=1S/C31H37NO5/c1-21(5-6-22-7-9-25(10-8-22)29(34)32-19-28(33)30(35)36)20-37-27-17-13-24(14-18-27)23-11-15-26(16-12-23)31(2,3)4/h7-18,21,28,33H,5-6,19-20H2,1-4H3,(H,32,34)(H,35,36)/t21?,28-/m1/s1. The van der Waals surface area contributed by atoms with Crippen LogP contribution in [0, 0.1) is 5.92 Å². The summed E-state index contributed by atoms with van der Waals surface area (Å²) < 4.78 is 6.01. The van der Waals surface area contributed by atoms with Crippen molar-refractivity contribution in [1.29, 1.82) is 0 Å². The van der Waals surface area contributed by atoms with Crippen LogP contribution in [-0.2, 0) is 16.6 Å². The van der Waals surface area contributed by atoms with E-state index in [9.17, 15) is 14.7 Å². The molecule has 0 radical (unpaired) electrons. The van der Waals surface area contributed by atoms with Crippen molar-refractivity contribution >= 4 is 11.9 Å². The Morgan fingerprint density at radius 3 is 2.00 bits per heavy atom. The fourth-order valence-corrected chi connectivity index (χ4v) is 3.84. The molecule has 0 aliphatic rings. The van der Waals surface area contributed by atoms with E-state index in [4.69, 9.17) is 9.84 Å². The summed E-state index contributed by atoms with van der Waals surface area (Å²) in [6.45, 7) is 9.09. The number of rotatable bonds is 11. The highest BCUT2D eigenvalue weighted by atomic mass is 16.5. The molecule has 2 atom stereocenters. The first-order valence-electron chi connectivity index (χ1n) is 12.6. The second-order valence-electron chi connectivity index (χ2n) is 10.6. The number of ether oxygens (including phenoxy) is 1. The van der Waals surface area contributed by atoms with E-state index in [1.807, 2.05) is 24.3 Å². The van der Waals surface area contributed by atoms with Crippen LogP contribution in [0.15, 0.2) is 72.8 Å². The van der Waals surface area contributed by atoms with Crippen molar-refractivity contribution in [3.63, 3.8) is 0 Å². The van der Waals surface area contributed by atoms with Crippen molar-refractivity contribution in [2.24, 2.45) is 5.92 Å². The Labute approximate surface area is 219 Å². The number of aliphatic hydroxyl groups excluding tert-OH is 1. The van der Waals surface area contributed by atoms with Crippen LogP contribution in [0.4, 0.5) is 0 Å². The summed E-state index contributed by atoms with van der Waals surface area (Å²) in [5.41, 5.74) is 5.34. The minimum absolute atomic E-state index is 0.142. The number of nitrogens with one attached hydrogen (secondary N) is 1. The normalized spacial score (nSPS) is 13.0. The van der Waals surface area contributed by atoms with Crippen LogP contribution in [0.1, 0.15) is 55.6 Å². The van der Waals surface area contributed by atoms with E-state index >= 15 is 0 Å². The van der Waals surface area contributed by atoms with E-state index in [0.717, 1.165) is 29.7 Å². The highest BCUT2D eigenvalue weighted by Gasteiger charge is 2.15. The molecule has 0 fully saturated rings. The molecule has 1 unspecified atom stereocenters. The fraction of sp³-hybridized carbons (Fsp3) is 0.355. The summed E-state index contributed by atoms with van der Waals surface area (Å²) in [4.78, 5) is 22.7. The molecular formula is C31H37NO5. The Hall–Kier alpha value is -3.64. The third-order valence-electron chi connectivity index (χ3n) is 6.36. The quantitative estimate of drug-likeness (QED) is 0.322. The number of carbonyl (C=O) groups is 2. The molecule has 0 bridgehead atoms. The van der Waals surface area contributed by atoms with Crippen LogP contribution >= 0.6 is 0 Å². The Bertz CT molecular complexity index is 1160. The average Bonchev–Trinajstić information content (AvgIpc) is 2.89. The molecule has 3 aromatic rings. The first-order chi connectivity index (χ1) is 17.5. The number of hydrogen-bond acceptors (Lipinski definition) is 4. The monoisotopic (exact) mass is 503 g/mol. The zero-order chi connectivity index (χ0) is 27.0. The molecule has 0 aliphatic heterocycles. The van der Waals surface area contributed by atoms with Crippen molar-refractivity contribution in [2.45, 2.75) is 52.1 Å². The zero-order valence-corrected chi connectivity index (χ0v) is 22.0. The van der Waals surface area contributed by atoms with Gasteiger partial charge in [0.1, 0.15) is 5.75 Å². The fourth-order valence-electron chi connectivity index (χ4n) is 3.84. The highest BCUT2D eigenvalue weighted by Crippen LogP contribution is 2.27. The lowest BCUT2D eigenvalue weighted by atomic mass is 9.86. The Morgan fingerprint density at radius 2 is 1.46 bits per heavy atom. The number of carbonyl (C=O) groups excluding carboxylic acids is 1. The summed E-state index contributed by atoms with van der Waals surface area (Å²) in [7, 11) is 0. The Balaban J connectivity index is 1.43. The van der Waals surface area contributed by atoms with Crippen molar-refractivity contribution in [3.05, 3.63) is 89.5 Å². The third kappa shape index (κ3) is 8.46. The van der Waals surface area contributed by atoms with Gasteiger partial charge in [0.25, 0.3) is 5.91 Å². The van der Waals surface area contributed by atoms with Crippen LogP contribution in [0.5, 0.6) is 5.75 Å². The molecule has 37 heavy (non-hydrogen) atoms. The molecule has 0 heterocycles. The molecular weight excluding hydrogens is 466 g/mol. The number of carboxylic acids is 1. The van der Waals surface area contributed by atoms with E-state index in [-0.39, 0.29) is 12.0 Å². The van der Waals surface area contributed by atoms with Crippen molar-refractivity contribution < 1.29 is 24.5 Å².